The van der Waals surface area contributed by atoms with Crippen LogP contribution in [0.25, 0.3) is 0 Å². The molecule has 0 aliphatic rings. The highest BCUT2D eigenvalue weighted by molar-refractivity contribution is 6.31. The van der Waals surface area contributed by atoms with Crippen molar-refractivity contribution in [2.45, 2.75) is 13.3 Å². The minimum Gasteiger partial charge on any atom is -0.496 e. The second kappa shape index (κ2) is 6.70. The molecule has 1 aromatic rings. The smallest absolute Gasteiger partial charge is 0.122 e. The first-order valence-electron chi connectivity index (χ1n) is 5.16. The van der Waals surface area contributed by atoms with Crippen LogP contribution in [-0.4, -0.2) is 20.3 Å². The highest BCUT2D eigenvalue weighted by Gasteiger charge is 2.06. The Morgan fingerprint density at radius 2 is 2.19 bits per heavy atom. The van der Waals surface area contributed by atoms with Gasteiger partial charge >= 0.3 is 0 Å². The largest absolute Gasteiger partial charge is 0.496 e. The van der Waals surface area contributed by atoms with Crippen LogP contribution in [0.2, 0.25) is 5.02 Å². The van der Waals surface area contributed by atoms with Crippen molar-refractivity contribution in [3.8, 4) is 5.75 Å². The molecule has 90 valence electrons. The van der Waals surface area contributed by atoms with E-state index in [1.165, 1.54) is 0 Å². The van der Waals surface area contributed by atoms with E-state index in [4.69, 9.17) is 22.2 Å². The lowest BCUT2D eigenvalue weighted by Gasteiger charge is -2.11. The number of aryl methyl sites for hydroxylation is 1. The zero-order valence-electron chi connectivity index (χ0n) is 9.64. The highest BCUT2D eigenvalue weighted by atomic mass is 35.5. The van der Waals surface area contributed by atoms with Crippen LogP contribution >= 0.6 is 11.6 Å². The maximum Gasteiger partial charge on any atom is 0.122 e. The lowest BCUT2D eigenvalue weighted by atomic mass is 10.1. The Morgan fingerprint density at radius 3 is 2.81 bits per heavy atom. The maximum absolute atomic E-state index is 6.07. The van der Waals surface area contributed by atoms with Gasteiger partial charge in [0.1, 0.15) is 5.75 Å². The molecule has 1 aromatic carbocycles. The van der Waals surface area contributed by atoms with Gasteiger partial charge in [-0.15, -0.1) is 0 Å². The Balaban J connectivity index is 2.66. The molecule has 4 nitrogen and oxygen atoms in total. The van der Waals surface area contributed by atoms with E-state index in [1.807, 2.05) is 19.1 Å². The van der Waals surface area contributed by atoms with Crippen LogP contribution in [-0.2, 0) is 6.42 Å². The van der Waals surface area contributed by atoms with Gasteiger partial charge in [0.15, 0.2) is 0 Å². The monoisotopic (exact) mass is 243 g/mol. The van der Waals surface area contributed by atoms with Gasteiger partial charge in [0, 0.05) is 11.6 Å². The summed E-state index contributed by atoms with van der Waals surface area (Å²) in [6.07, 6.45) is 0.852. The predicted octanol–water partition coefficient (Wildman–Crippen LogP) is 1.21. The number of benzene rings is 1. The van der Waals surface area contributed by atoms with Gasteiger partial charge in [-0.3, -0.25) is 5.84 Å². The molecule has 16 heavy (non-hydrogen) atoms. The summed E-state index contributed by atoms with van der Waals surface area (Å²) in [4.78, 5) is 0. The molecule has 5 heteroatoms. The molecule has 0 aliphatic heterocycles. The lowest BCUT2D eigenvalue weighted by molar-refractivity contribution is 0.408. The average molecular weight is 244 g/mol. The van der Waals surface area contributed by atoms with Gasteiger partial charge < -0.3 is 10.1 Å². The molecular weight excluding hydrogens is 226 g/mol. The first kappa shape index (κ1) is 13.3. The molecule has 1 rings (SSSR count). The highest BCUT2D eigenvalue weighted by Crippen LogP contribution is 2.26. The summed E-state index contributed by atoms with van der Waals surface area (Å²) in [5.41, 5.74) is 4.66. The van der Waals surface area contributed by atoms with Gasteiger partial charge in [0.25, 0.3) is 0 Å². The van der Waals surface area contributed by atoms with E-state index < -0.39 is 0 Å². The first-order valence-corrected chi connectivity index (χ1v) is 5.54. The van der Waals surface area contributed by atoms with Gasteiger partial charge in [0.2, 0.25) is 0 Å². The van der Waals surface area contributed by atoms with Crippen LogP contribution in [0, 0.1) is 6.92 Å². The summed E-state index contributed by atoms with van der Waals surface area (Å²) < 4.78 is 5.31. The van der Waals surface area contributed by atoms with Gasteiger partial charge in [-0.05, 0) is 36.6 Å². The molecule has 0 bridgehead atoms. The third-order valence-corrected chi connectivity index (χ3v) is 2.77. The molecule has 0 heterocycles. The number of hydrogen-bond donors (Lipinski definition) is 3. The van der Waals surface area contributed by atoms with E-state index >= 15 is 0 Å². The van der Waals surface area contributed by atoms with Crippen molar-refractivity contribution in [2.75, 3.05) is 20.3 Å². The van der Waals surface area contributed by atoms with Crippen molar-refractivity contribution in [3.05, 3.63) is 28.3 Å². The fraction of sp³-hybridized carbons (Fsp3) is 0.455. The molecule has 0 saturated carbocycles. The van der Waals surface area contributed by atoms with E-state index in [1.54, 1.807) is 7.11 Å². The van der Waals surface area contributed by atoms with Crippen molar-refractivity contribution in [1.82, 2.24) is 10.7 Å². The zero-order valence-corrected chi connectivity index (χ0v) is 10.4. The Morgan fingerprint density at radius 1 is 1.44 bits per heavy atom. The number of nitrogens with two attached hydrogens (primary N) is 1. The number of hydrazine groups is 1. The summed E-state index contributed by atoms with van der Waals surface area (Å²) in [5, 5.41) is 3.91. The molecule has 4 N–H and O–H groups in total. The number of methoxy groups -OCH3 is 1. The van der Waals surface area contributed by atoms with Gasteiger partial charge in [-0.1, -0.05) is 11.6 Å². The second-order valence-corrected chi connectivity index (χ2v) is 3.95. The van der Waals surface area contributed by atoms with Crippen LogP contribution < -0.4 is 21.3 Å². The van der Waals surface area contributed by atoms with Crippen LogP contribution in [0.4, 0.5) is 0 Å². The Bertz CT molecular complexity index is 344. The Kier molecular flexibility index (Phi) is 5.55. The van der Waals surface area contributed by atoms with E-state index in [9.17, 15) is 0 Å². The van der Waals surface area contributed by atoms with Crippen molar-refractivity contribution in [3.63, 3.8) is 0 Å². The van der Waals surface area contributed by atoms with E-state index in [0.717, 1.165) is 34.9 Å². The van der Waals surface area contributed by atoms with Crippen LogP contribution in [0.15, 0.2) is 12.1 Å². The zero-order chi connectivity index (χ0) is 12.0. The topological polar surface area (TPSA) is 59.3 Å². The summed E-state index contributed by atoms with van der Waals surface area (Å²) in [6.45, 7) is 3.37. The molecule has 0 fully saturated rings. The summed E-state index contributed by atoms with van der Waals surface area (Å²) >= 11 is 6.07. The van der Waals surface area contributed by atoms with E-state index in [0.29, 0.717) is 6.67 Å². The number of halogens is 1. The predicted molar refractivity (Wildman–Crippen MR) is 66.6 cm³/mol. The molecule has 0 radical (unpaired) electrons. The Hall–Kier alpha value is -0.810. The third-order valence-electron chi connectivity index (χ3n) is 2.36. The quantitative estimate of drug-likeness (QED) is 0.304. The van der Waals surface area contributed by atoms with Crippen molar-refractivity contribution in [2.24, 2.45) is 5.84 Å². The molecule has 0 spiro atoms. The normalized spacial score (nSPS) is 10.5. The molecule has 0 aromatic heterocycles. The second-order valence-electron chi connectivity index (χ2n) is 3.54. The van der Waals surface area contributed by atoms with Crippen molar-refractivity contribution >= 4 is 11.6 Å². The van der Waals surface area contributed by atoms with Gasteiger partial charge in [-0.25, -0.2) is 5.43 Å². The number of rotatable bonds is 6. The molecular formula is C11H18ClN3O. The van der Waals surface area contributed by atoms with Gasteiger partial charge in [-0.2, -0.15) is 0 Å². The fourth-order valence-electron chi connectivity index (χ4n) is 1.47. The fourth-order valence-corrected chi connectivity index (χ4v) is 1.65. The molecule has 0 atom stereocenters. The molecule has 0 saturated heterocycles. The maximum atomic E-state index is 6.07. The summed E-state index contributed by atoms with van der Waals surface area (Å²) in [6, 6.07) is 3.91. The van der Waals surface area contributed by atoms with Crippen LogP contribution in [0.1, 0.15) is 11.1 Å². The SMILES string of the molecule is COc1cc(C)c(Cl)cc1CCNCNN. The number of hydrogen-bond acceptors (Lipinski definition) is 4. The van der Waals surface area contributed by atoms with Crippen molar-refractivity contribution in [1.29, 1.82) is 0 Å². The minimum absolute atomic E-state index is 0.585. The van der Waals surface area contributed by atoms with E-state index in [-0.39, 0.29) is 0 Å². The Labute approximate surface area is 101 Å². The van der Waals surface area contributed by atoms with Crippen molar-refractivity contribution < 1.29 is 4.74 Å². The molecule has 0 aliphatic carbocycles. The van der Waals surface area contributed by atoms with Crippen LogP contribution in [0.5, 0.6) is 5.75 Å². The van der Waals surface area contributed by atoms with E-state index in [2.05, 4.69) is 10.7 Å². The van der Waals surface area contributed by atoms with Gasteiger partial charge in [0.05, 0.1) is 13.8 Å². The minimum atomic E-state index is 0.585. The number of ether oxygens (including phenoxy) is 1. The molecule has 0 amide bonds. The number of nitrogens with one attached hydrogen (secondary N) is 2. The third kappa shape index (κ3) is 3.64. The molecule has 0 unspecified atom stereocenters. The lowest BCUT2D eigenvalue weighted by Crippen LogP contribution is -2.34. The summed E-state index contributed by atoms with van der Waals surface area (Å²) in [7, 11) is 1.67. The standard InChI is InChI=1S/C11H18ClN3O/c1-8-5-11(16-2)9(6-10(8)12)3-4-14-7-15-13/h5-6,14-15H,3-4,7,13H2,1-2H3. The first-order chi connectivity index (χ1) is 7.69. The average Bonchev–Trinajstić information content (AvgIpc) is 2.28. The van der Waals surface area contributed by atoms with Crippen LogP contribution in [0.3, 0.4) is 0 Å². The summed E-state index contributed by atoms with van der Waals surface area (Å²) in [5.74, 6) is 6.03.